The second-order valence-electron chi connectivity index (χ2n) is 6.76. The minimum absolute atomic E-state index is 0.267. The first-order chi connectivity index (χ1) is 11.8. The van der Waals surface area contributed by atoms with Crippen molar-refractivity contribution in [2.45, 2.75) is 52.1 Å². The SMILES string of the molecule is CCCCOC(=O)NCC1CCC(COCc2ccccc2)CC1. The van der Waals surface area contributed by atoms with Gasteiger partial charge in [0, 0.05) is 13.2 Å². The number of ether oxygens (including phenoxy) is 2. The zero-order valence-electron chi connectivity index (χ0n) is 14.8. The summed E-state index contributed by atoms with van der Waals surface area (Å²) in [6, 6.07) is 10.3. The molecule has 0 aliphatic heterocycles. The van der Waals surface area contributed by atoms with Crippen molar-refractivity contribution in [3.05, 3.63) is 35.9 Å². The Kier molecular flexibility index (Phi) is 8.67. The summed E-state index contributed by atoms with van der Waals surface area (Å²) in [6.45, 7) is 4.89. The number of carbonyl (C=O) groups excluding carboxylic acids is 1. The predicted octanol–water partition coefficient (Wildman–Crippen LogP) is 4.54. The molecular formula is C20H31NO3. The molecule has 1 N–H and O–H groups in total. The molecule has 4 heteroatoms. The molecule has 2 rings (SSSR count). The average molecular weight is 333 g/mol. The highest BCUT2D eigenvalue weighted by atomic mass is 16.5. The van der Waals surface area contributed by atoms with Crippen molar-refractivity contribution in [1.29, 1.82) is 0 Å². The number of amides is 1. The van der Waals surface area contributed by atoms with Gasteiger partial charge in [-0.2, -0.15) is 0 Å². The van der Waals surface area contributed by atoms with E-state index in [4.69, 9.17) is 9.47 Å². The fraction of sp³-hybridized carbons (Fsp3) is 0.650. The third-order valence-corrected chi connectivity index (χ3v) is 4.70. The Labute approximate surface area is 145 Å². The van der Waals surface area contributed by atoms with E-state index in [2.05, 4.69) is 24.4 Å². The lowest BCUT2D eigenvalue weighted by atomic mass is 9.82. The van der Waals surface area contributed by atoms with Gasteiger partial charge in [-0.3, -0.25) is 0 Å². The van der Waals surface area contributed by atoms with Crippen LogP contribution in [-0.4, -0.2) is 25.9 Å². The summed E-state index contributed by atoms with van der Waals surface area (Å²) in [5, 5.41) is 2.90. The van der Waals surface area contributed by atoms with E-state index in [1.807, 2.05) is 18.2 Å². The van der Waals surface area contributed by atoms with E-state index in [1.165, 1.54) is 18.4 Å². The first-order valence-corrected chi connectivity index (χ1v) is 9.30. The standard InChI is InChI=1S/C20H31NO3/c1-2-3-13-24-20(22)21-14-17-9-11-19(12-10-17)16-23-15-18-7-5-4-6-8-18/h4-8,17,19H,2-3,9-16H2,1H3,(H,21,22). The van der Waals surface area contributed by atoms with Crippen molar-refractivity contribution in [3.63, 3.8) is 0 Å². The molecule has 24 heavy (non-hydrogen) atoms. The molecule has 134 valence electrons. The van der Waals surface area contributed by atoms with Crippen molar-refractivity contribution in [3.8, 4) is 0 Å². The van der Waals surface area contributed by atoms with Crippen molar-refractivity contribution in [1.82, 2.24) is 5.32 Å². The highest BCUT2D eigenvalue weighted by molar-refractivity contribution is 5.67. The zero-order valence-corrected chi connectivity index (χ0v) is 14.8. The van der Waals surface area contributed by atoms with Crippen molar-refractivity contribution in [2.24, 2.45) is 11.8 Å². The van der Waals surface area contributed by atoms with Crippen LogP contribution in [0.4, 0.5) is 4.79 Å². The minimum atomic E-state index is -0.267. The van der Waals surface area contributed by atoms with Gasteiger partial charge in [-0.15, -0.1) is 0 Å². The van der Waals surface area contributed by atoms with Gasteiger partial charge < -0.3 is 14.8 Å². The largest absolute Gasteiger partial charge is 0.450 e. The summed E-state index contributed by atoms with van der Waals surface area (Å²) in [7, 11) is 0. The van der Waals surface area contributed by atoms with Crippen LogP contribution in [0.15, 0.2) is 30.3 Å². The van der Waals surface area contributed by atoms with Gasteiger partial charge in [-0.05, 0) is 49.5 Å². The van der Waals surface area contributed by atoms with Gasteiger partial charge in [0.2, 0.25) is 0 Å². The van der Waals surface area contributed by atoms with Gasteiger partial charge in [0.15, 0.2) is 0 Å². The van der Waals surface area contributed by atoms with E-state index in [-0.39, 0.29) is 6.09 Å². The molecule has 0 radical (unpaired) electrons. The van der Waals surface area contributed by atoms with Crippen LogP contribution >= 0.6 is 0 Å². The molecule has 1 amide bonds. The molecule has 0 aromatic heterocycles. The number of benzene rings is 1. The molecule has 1 saturated carbocycles. The maximum Gasteiger partial charge on any atom is 0.407 e. The molecule has 0 saturated heterocycles. The third kappa shape index (κ3) is 7.35. The normalized spacial score (nSPS) is 20.5. The smallest absolute Gasteiger partial charge is 0.407 e. The lowest BCUT2D eigenvalue weighted by Crippen LogP contribution is -2.32. The lowest BCUT2D eigenvalue weighted by Gasteiger charge is -2.28. The van der Waals surface area contributed by atoms with Gasteiger partial charge in [0.25, 0.3) is 0 Å². The first kappa shape index (κ1) is 18.8. The molecule has 1 aromatic carbocycles. The minimum Gasteiger partial charge on any atom is -0.450 e. The maximum absolute atomic E-state index is 11.5. The topological polar surface area (TPSA) is 47.6 Å². The fourth-order valence-corrected chi connectivity index (χ4v) is 3.11. The average Bonchev–Trinajstić information content (AvgIpc) is 2.62. The first-order valence-electron chi connectivity index (χ1n) is 9.30. The van der Waals surface area contributed by atoms with Crippen LogP contribution in [0.25, 0.3) is 0 Å². The number of alkyl carbamates (subject to hydrolysis) is 1. The number of unbranched alkanes of at least 4 members (excludes halogenated alkanes) is 1. The van der Waals surface area contributed by atoms with Crippen molar-refractivity contribution >= 4 is 6.09 Å². The molecule has 0 heterocycles. The van der Waals surface area contributed by atoms with Crippen LogP contribution in [0.5, 0.6) is 0 Å². The molecule has 1 aromatic rings. The molecule has 0 unspecified atom stereocenters. The molecule has 1 aliphatic rings. The second-order valence-corrected chi connectivity index (χ2v) is 6.76. The lowest BCUT2D eigenvalue weighted by molar-refractivity contribution is 0.0667. The summed E-state index contributed by atoms with van der Waals surface area (Å²) in [5.74, 6) is 1.23. The number of hydrogen-bond donors (Lipinski definition) is 1. The predicted molar refractivity (Wildman–Crippen MR) is 95.8 cm³/mol. The highest BCUT2D eigenvalue weighted by Gasteiger charge is 2.21. The second kappa shape index (κ2) is 11.1. The summed E-state index contributed by atoms with van der Waals surface area (Å²) in [4.78, 5) is 11.5. The summed E-state index contributed by atoms with van der Waals surface area (Å²) < 4.78 is 11.0. The quantitative estimate of drug-likeness (QED) is 0.675. The Bertz CT molecular complexity index is 455. The number of rotatable bonds is 9. The van der Waals surface area contributed by atoms with Crippen LogP contribution in [0.2, 0.25) is 0 Å². The molecule has 0 bridgehead atoms. The Morgan fingerprint density at radius 2 is 1.83 bits per heavy atom. The van der Waals surface area contributed by atoms with E-state index >= 15 is 0 Å². The summed E-state index contributed by atoms with van der Waals surface area (Å²) in [5.41, 5.74) is 1.23. The Hall–Kier alpha value is -1.55. The van der Waals surface area contributed by atoms with E-state index in [0.717, 1.165) is 38.8 Å². The number of carbonyl (C=O) groups is 1. The van der Waals surface area contributed by atoms with Crippen LogP contribution < -0.4 is 5.32 Å². The van der Waals surface area contributed by atoms with E-state index in [0.29, 0.717) is 25.0 Å². The van der Waals surface area contributed by atoms with Gasteiger partial charge in [-0.25, -0.2) is 4.79 Å². The van der Waals surface area contributed by atoms with Crippen molar-refractivity contribution in [2.75, 3.05) is 19.8 Å². The number of nitrogens with one attached hydrogen (secondary N) is 1. The number of hydrogen-bond acceptors (Lipinski definition) is 3. The molecule has 4 nitrogen and oxygen atoms in total. The van der Waals surface area contributed by atoms with Gasteiger partial charge in [0.05, 0.1) is 13.2 Å². The van der Waals surface area contributed by atoms with Gasteiger partial charge in [0.1, 0.15) is 0 Å². The van der Waals surface area contributed by atoms with Crippen LogP contribution in [-0.2, 0) is 16.1 Å². The summed E-state index contributed by atoms with van der Waals surface area (Å²) in [6.07, 6.45) is 6.41. The van der Waals surface area contributed by atoms with Crippen LogP contribution in [0.1, 0.15) is 51.0 Å². The van der Waals surface area contributed by atoms with Gasteiger partial charge in [-0.1, -0.05) is 43.7 Å². The fourth-order valence-electron chi connectivity index (χ4n) is 3.11. The Morgan fingerprint density at radius 1 is 1.12 bits per heavy atom. The van der Waals surface area contributed by atoms with Crippen LogP contribution in [0, 0.1) is 11.8 Å². The van der Waals surface area contributed by atoms with Gasteiger partial charge >= 0.3 is 6.09 Å². The molecule has 1 fully saturated rings. The maximum atomic E-state index is 11.5. The van der Waals surface area contributed by atoms with E-state index in [1.54, 1.807) is 0 Å². The van der Waals surface area contributed by atoms with Crippen molar-refractivity contribution < 1.29 is 14.3 Å². The summed E-state index contributed by atoms with van der Waals surface area (Å²) >= 11 is 0. The monoisotopic (exact) mass is 333 g/mol. The molecule has 0 atom stereocenters. The van der Waals surface area contributed by atoms with E-state index in [9.17, 15) is 4.79 Å². The third-order valence-electron chi connectivity index (χ3n) is 4.70. The Balaban J connectivity index is 1.52. The van der Waals surface area contributed by atoms with Crippen LogP contribution in [0.3, 0.4) is 0 Å². The van der Waals surface area contributed by atoms with E-state index < -0.39 is 0 Å². The Morgan fingerprint density at radius 3 is 2.54 bits per heavy atom. The molecule has 0 spiro atoms. The zero-order chi connectivity index (χ0) is 17.0. The molecule has 1 aliphatic carbocycles. The molecular weight excluding hydrogens is 302 g/mol. The highest BCUT2D eigenvalue weighted by Crippen LogP contribution is 2.28.